The Morgan fingerprint density at radius 1 is 1.30 bits per heavy atom. The molecule has 0 radical (unpaired) electrons. The number of benzene rings is 1. The average Bonchev–Trinajstić information content (AvgIpc) is 2.86. The third-order valence-corrected chi connectivity index (χ3v) is 4.38. The number of Topliss-reactive ketones (excluding diaryl/α,β-unsaturated/α-hetero) is 1. The summed E-state index contributed by atoms with van der Waals surface area (Å²) in [6.45, 7) is 3.51. The molecule has 1 aromatic carbocycles. The number of halogens is 1. The number of fused-ring (bicyclic) bond motifs is 1. The van der Waals surface area contributed by atoms with Gasteiger partial charge in [0.1, 0.15) is 11.5 Å². The van der Waals surface area contributed by atoms with Crippen molar-refractivity contribution in [2.75, 3.05) is 0 Å². The van der Waals surface area contributed by atoms with Gasteiger partial charge in [-0.05, 0) is 38.3 Å². The molecule has 2 N–H and O–H groups in total. The van der Waals surface area contributed by atoms with Crippen LogP contribution in [0.4, 0.5) is 4.39 Å². The van der Waals surface area contributed by atoms with Crippen molar-refractivity contribution in [1.82, 2.24) is 10.3 Å². The number of carbonyl (C=O) groups is 2. The molecule has 2 aromatic rings. The van der Waals surface area contributed by atoms with E-state index in [2.05, 4.69) is 10.3 Å². The summed E-state index contributed by atoms with van der Waals surface area (Å²) in [5.74, 6) is -0.584. The summed E-state index contributed by atoms with van der Waals surface area (Å²) in [4.78, 5) is 27.6. The number of amides is 1. The standard InChI is InChI=1S/C18H19FN2O2/c1-10-16-14(8-5-9-15(16)22)21-17(10)18(23)20-11(2)12-6-3-4-7-13(12)19/h3-4,6-7,11,21H,5,8-9H2,1-2H3,(H,20,23). The van der Waals surface area contributed by atoms with E-state index >= 15 is 0 Å². The van der Waals surface area contributed by atoms with Gasteiger partial charge in [-0.15, -0.1) is 0 Å². The maximum absolute atomic E-state index is 13.8. The number of aryl methyl sites for hydroxylation is 1. The highest BCUT2D eigenvalue weighted by Crippen LogP contribution is 2.27. The molecule has 1 atom stereocenters. The summed E-state index contributed by atoms with van der Waals surface area (Å²) in [5, 5.41) is 2.80. The Morgan fingerprint density at radius 3 is 2.74 bits per heavy atom. The normalized spacial score (nSPS) is 15.2. The van der Waals surface area contributed by atoms with E-state index in [4.69, 9.17) is 0 Å². The van der Waals surface area contributed by atoms with Gasteiger partial charge in [-0.1, -0.05) is 18.2 Å². The van der Waals surface area contributed by atoms with Gasteiger partial charge < -0.3 is 10.3 Å². The highest BCUT2D eigenvalue weighted by Gasteiger charge is 2.27. The van der Waals surface area contributed by atoms with Gasteiger partial charge in [0, 0.05) is 23.2 Å². The third-order valence-electron chi connectivity index (χ3n) is 4.38. The first-order valence-corrected chi connectivity index (χ1v) is 7.79. The molecule has 23 heavy (non-hydrogen) atoms. The maximum Gasteiger partial charge on any atom is 0.268 e. The van der Waals surface area contributed by atoms with Crippen LogP contribution < -0.4 is 5.32 Å². The molecule has 0 aliphatic heterocycles. The van der Waals surface area contributed by atoms with Gasteiger partial charge in [0.05, 0.1) is 6.04 Å². The predicted octanol–water partition coefficient (Wildman–Crippen LogP) is 3.47. The SMILES string of the molecule is Cc1c(C(=O)NC(C)c2ccccc2F)[nH]c2c1C(=O)CCC2. The first-order chi connectivity index (χ1) is 11.0. The first kappa shape index (κ1) is 15.5. The second-order valence-electron chi connectivity index (χ2n) is 5.97. The molecule has 0 bridgehead atoms. The van der Waals surface area contributed by atoms with Crippen LogP contribution in [0.2, 0.25) is 0 Å². The largest absolute Gasteiger partial charge is 0.354 e. The third kappa shape index (κ3) is 2.79. The molecule has 0 spiro atoms. The zero-order valence-corrected chi connectivity index (χ0v) is 13.2. The fraction of sp³-hybridized carbons (Fsp3) is 0.333. The number of ketones is 1. The molecule has 1 aliphatic carbocycles. The molecular formula is C18H19FN2O2. The number of hydrogen-bond donors (Lipinski definition) is 2. The minimum absolute atomic E-state index is 0.0844. The highest BCUT2D eigenvalue weighted by atomic mass is 19.1. The fourth-order valence-corrected chi connectivity index (χ4v) is 3.17. The van der Waals surface area contributed by atoms with E-state index in [1.807, 2.05) is 0 Å². The van der Waals surface area contributed by atoms with Crippen LogP contribution in [-0.2, 0) is 6.42 Å². The number of carbonyl (C=O) groups excluding carboxylic acids is 2. The summed E-state index contributed by atoms with van der Waals surface area (Å²) in [5.41, 5.74) is 3.00. The number of aromatic nitrogens is 1. The van der Waals surface area contributed by atoms with Crippen molar-refractivity contribution >= 4 is 11.7 Å². The van der Waals surface area contributed by atoms with E-state index in [9.17, 15) is 14.0 Å². The van der Waals surface area contributed by atoms with Crippen LogP contribution in [0.1, 0.15) is 63.5 Å². The molecule has 0 fully saturated rings. The quantitative estimate of drug-likeness (QED) is 0.911. The molecule has 120 valence electrons. The number of aromatic amines is 1. The summed E-state index contributed by atoms with van der Waals surface area (Å²) in [6, 6.07) is 5.91. The minimum Gasteiger partial charge on any atom is -0.354 e. The lowest BCUT2D eigenvalue weighted by Crippen LogP contribution is -2.28. The summed E-state index contributed by atoms with van der Waals surface area (Å²) in [7, 11) is 0. The van der Waals surface area contributed by atoms with E-state index < -0.39 is 6.04 Å². The summed E-state index contributed by atoms with van der Waals surface area (Å²) >= 11 is 0. The van der Waals surface area contributed by atoms with Crippen molar-refractivity contribution in [1.29, 1.82) is 0 Å². The second-order valence-corrected chi connectivity index (χ2v) is 5.97. The molecule has 1 aliphatic rings. The molecule has 1 amide bonds. The van der Waals surface area contributed by atoms with Crippen molar-refractivity contribution in [2.24, 2.45) is 0 Å². The van der Waals surface area contributed by atoms with Gasteiger partial charge in [-0.2, -0.15) is 0 Å². The van der Waals surface area contributed by atoms with Crippen LogP contribution in [-0.4, -0.2) is 16.7 Å². The smallest absolute Gasteiger partial charge is 0.268 e. The topological polar surface area (TPSA) is 62.0 Å². The zero-order chi connectivity index (χ0) is 16.6. The summed E-state index contributed by atoms with van der Waals surface area (Å²) < 4.78 is 13.8. The number of hydrogen-bond acceptors (Lipinski definition) is 2. The van der Waals surface area contributed by atoms with Gasteiger partial charge >= 0.3 is 0 Å². The lowest BCUT2D eigenvalue weighted by Gasteiger charge is -2.15. The van der Waals surface area contributed by atoms with Crippen LogP contribution in [0.25, 0.3) is 0 Å². The van der Waals surface area contributed by atoms with E-state index in [0.717, 1.165) is 18.5 Å². The predicted molar refractivity (Wildman–Crippen MR) is 85.1 cm³/mol. The molecular weight excluding hydrogens is 295 g/mol. The lowest BCUT2D eigenvalue weighted by molar-refractivity contribution is 0.0933. The van der Waals surface area contributed by atoms with E-state index in [1.54, 1.807) is 32.0 Å². The zero-order valence-electron chi connectivity index (χ0n) is 13.2. The fourth-order valence-electron chi connectivity index (χ4n) is 3.17. The van der Waals surface area contributed by atoms with Gasteiger partial charge in [-0.25, -0.2) is 4.39 Å². The average molecular weight is 314 g/mol. The van der Waals surface area contributed by atoms with Crippen LogP contribution in [0.5, 0.6) is 0 Å². The van der Waals surface area contributed by atoms with Crippen molar-refractivity contribution in [3.63, 3.8) is 0 Å². The molecule has 3 rings (SSSR count). The Kier molecular flexibility index (Phi) is 4.03. The molecule has 4 nitrogen and oxygen atoms in total. The van der Waals surface area contributed by atoms with Crippen molar-refractivity contribution < 1.29 is 14.0 Å². The Morgan fingerprint density at radius 2 is 2.04 bits per heavy atom. The Labute approximate surface area is 134 Å². The van der Waals surface area contributed by atoms with E-state index in [1.165, 1.54) is 6.07 Å². The molecule has 5 heteroatoms. The number of H-pyrrole nitrogens is 1. The molecule has 1 heterocycles. The second kappa shape index (κ2) is 5.99. The Hall–Kier alpha value is -2.43. The van der Waals surface area contributed by atoms with E-state index in [-0.39, 0.29) is 17.5 Å². The van der Waals surface area contributed by atoms with Gasteiger partial charge in [0.2, 0.25) is 0 Å². The number of rotatable bonds is 3. The van der Waals surface area contributed by atoms with Crippen molar-refractivity contribution in [3.8, 4) is 0 Å². The molecule has 1 aromatic heterocycles. The molecule has 1 unspecified atom stereocenters. The van der Waals surface area contributed by atoms with Crippen LogP contribution in [0.15, 0.2) is 24.3 Å². The monoisotopic (exact) mass is 314 g/mol. The minimum atomic E-state index is -0.459. The van der Waals surface area contributed by atoms with Crippen molar-refractivity contribution in [2.45, 2.75) is 39.2 Å². The van der Waals surface area contributed by atoms with Gasteiger partial charge in [-0.3, -0.25) is 9.59 Å². The molecule has 0 saturated carbocycles. The van der Waals surface area contributed by atoms with E-state index in [0.29, 0.717) is 28.8 Å². The first-order valence-electron chi connectivity index (χ1n) is 7.79. The number of nitrogens with one attached hydrogen (secondary N) is 2. The van der Waals surface area contributed by atoms with Gasteiger partial charge in [0.15, 0.2) is 5.78 Å². The summed E-state index contributed by atoms with van der Waals surface area (Å²) in [6.07, 6.45) is 2.11. The van der Waals surface area contributed by atoms with Crippen molar-refractivity contribution in [3.05, 3.63) is 58.2 Å². The molecule has 0 saturated heterocycles. The highest BCUT2D eigenvalue weighted by molar-refractivity contribution is 6.04. The van der Waals surface area contributed by atoms with Crippen LogP contribution >= 0.6 is 0 Å². The lowest BCUT2D eigenvalue weighted by atomic mass is 9.94. The van der Waals surface area contributed by atoms with Crippen LogP contribution in [0, 0.1) is 12.7 Å². The van der Waals surface area contributed by atoms with Gasteiger partial charge in [0.25, 0.3) is 5.91 Å². The maximum atomic E-state index is 13.8. The Bertz CT molecular complexity index is 779. The Balaban J connectivity index is 1.84. The van der Waals surface area contributed by atoms with Crippen LogP contribution in [0.3, 0.4) is 0 Å².